The zero-order valence-corrected chi connectivity index (χ0v) is 11.7. The summed E-state index contributed by atoms with van der Waals surface area (Å²) < 4.78 is 10.7. The molecule has 1 fully saturated rings. The van der Waals surface area contributed by atoms with Gasteiger partial charge in [0.15, 0.2) is 11.5 Å². The third-order valence-corrected chi connectivity index (χ3v) is 3.93. The maximum Gasteiger partial charge on any atom is 0.231 e. The molecule has 0 bridgehead atoms. The number of hydrogen-bond donors (Lipinski definition) is 3. The van der Waals surface area contributed by atoms with Crippen LogP contribution < -0.4 is 20.1 Å². The van der Waals surface area contributed by atoms with Crippen LogP contribution >= 0.6 is 0 Å². The molecular weight excluding hydrogens is 256 g/mol. The van der Waals surface area contributed by atoms with Gasteiger partial charge in [0, 0.05) is 13.1 Å². The summed E-state index contributed by atoms with van der Waals surface area (Å²) in [5, 5.41) is 16.9. The molecule has 0 amide bonds. The normalized spacial score (nSPS) is 24.9. The second-order valence-corrected chi connectivity index (χ2v) is 5.62. The molecule has 1 saturated heterocycles. The van der Waals surface area contributed by atoms with Gasteiger partial charge in [-0.2, -0.15) is 0 Å². The highest BCUT2D eigenvalue weighted by molar-refractivity contribution is 5.44. The summed E-state index contributed by atoms with van der Waals surface area (Å²) >= 11 is 0. The van der Waals surface area contributed by atoms with Crippen LogP contribution in [0.2, 0.25) is 0 Å². The summed E-state index contributed by atoms with van der Waals surface area (Å²) in [6.45, 7) is 3.51. The Morgan fingerprint density at radius 3 is 3.05 bits per heavy atom. The van der Waals surface area contributed by atoms with Crippen molar-refractivity contribution in [3.63, 3.8) is 0 Å². The summed E-state index contributed by atoms with van der Waals surface area (Å²) in [6.07, 6.45) is 2.83. The standard InChI is InChI=1S/C15H22N2O3/c18-15(5-1-6-16-9-15)10-17-7-4-12-2-3-13-14(8-12)20-11-19-13/h2-3,8,16-18H,1,4-7,9-11H2/t15-/m0/s1. The van der Waals surface area contributed by atoms with Crippen LogP contribution in [0.15, 0.2) is 18.2 Å². The highest BCUT2D eigenvalue weighted by Crippen LogP contribution is 2.32. The second-order valence-electron chi connectivity index (χ2n) is 5.62. The highest BCUT2D eigenvalue weighted by Gasteiger charge is 2.28. The molecule has 3 rings (SSSR count). The van der Waals surface area contributed by atoms with E-state index in [1.165, 1.54) is 5.56 Å². The SMILES string of the molecule is O[C@@]1(CNCCc2ccc3c(c2)OCO3)CCCNC1. The van der Waals surface area contributed by atoms with Crippen LogP contribution in [0, 0.1) is 0 Å². The molecule has 0 radical (unpaired) electrons. The van der Waals surface area contributed by atoms with Crippen LogP contribution in [0.25, 0.3) is 0 Å². The molecule has 0 aromatic heterocycles. The van der Waals surface area contributed by atoms with E-state index in [9.17, 15) is 5.11 Å². The third kappa shape index (κ3) is 3.23. The van der Waals surface area contributed by atoms with Crippen LogP contribution in [0.1, 0.15) is 18.4 Å². The van der Waals surface area contributed by atoms with Crippen molar-refractivity contribution in [3.05, 3.63) is 23.8 Å². The summed E-state index contributed by atoms with van der Waals surface area (Å²) in [7, 11) is 0. The first-order valence-corrected chi connectivity index (χ1v) is 7.28. The van der Waals surface area contributed by atoms with Gasteiger partial charge >= 0.3 is 0 Å². The lowest BCUT2D eigenvalue weighted by atomic mass is 9.94. The molecule has 1 aromatic rings. The van der Waals surface area contributed by atoms with Gasteiger partial charge in [-0.05, 0) is 50.0 Å². The molecular formula is C15H22N2O3. The van der Waals surface area contributed by atoms with Gasteiger partial charge in [-0.1, -0.05) is 6.07 Å². The third-order valence-electron chi connectivity index (χ3n) is 3.93. The number of rotatable bonds is 5. The maximum absolute atomic E-state index is 10.3. The zero-order chi connectivity index (χ0) is 13.8. The number of ether oxygens (including phenoxy) is 2. The van der Waals surface area contributed by atoms with Crippen LogP contribution in [-0.4, -0.2) is 43.7 Å². The van der Waals surface area contributed by atoms with E-state index in [4.69, 9.17) is 9.47 Å². The Morgan fingerprint density at radius 2 is 2.20 bits per heavy atom. The van der Waals surface area contributed by atoms with E-state index < -0.39 is 5.60 Å². The molecule has 0 spiro atoms. The first kappa shape index (κ1) is 13.7. The molecule has 2 heterocycles. The molecule has 0 saturated carbocycles. The summed E-state index contributed by atoms with van der Waals surface area (Å²) in [5.41, 5.74) is 0.628. The predicted octanol–water partition coefficient (Wildman–Crippen LogP) is 0.662. The summed E-state index contributed by atoms with van der Waals surface area (Å²) in [5.74, 6) is 1.65. The molecule has 5 nitrogen and oxygen atoms in total. The van der Waals surface area contributed by atoms with Crippen LogP contribution in [0.3, 0.4) is 0 Å². The second kappa shape index (κ2) is 5.99. The zero-order valence-electron chi connectivity index (χ0n) is 11.7. The topological polar surface area (TPSA) is 62.8 Å². The minimum Gasteiger partial charge on any atom is -0.454 e. The van der Waals surface area contributed by atoms with Crippen molar-refractivity contribution in [1.29, 1.82) is 0 Å². The van der Waals surface area contributed by atoms with Crippen LogP contribution in [0.4, 0.5) is 0 Å². The maximum atomic E-state index is 10.3. The molecule has 1 aromatic carbocycles. The first-order chi connectivity index (χ1) is 9.75. The monoisotopic (exact) mass is 278 g/mol. The van der Waals surface area contributed by atoms with Crippen molar-refractivity contribution >= 4 is 0 Å². The van der Waals surface area contributed by atoms with E-state index in [1.54, 1.807) is 0 Å². The Labute approximate surface area is 119 Å². The number of fused-ring (bicyclic) bond motifs is 1. The van der Waals surface area contributed by atoms with Gasteiger partial charge < -0.3 is 25.2 Å². The highest BCUT2D eigenvalue weighted by atomic mass is 16.7. The minimum atomic E-state index is -0.590. The van der Waals surface area contributed by atoms with E-state index in [0.29, 0.717) is 19.9 Å². The first-order valence-electron chi connectivity index (χ1n) is 7.28. The predicted molar refractivity (Wildman–Crippen MR) is 76.2 cm³/mol. The minimum absolute atomic E-state index is 0.317. The fraction of sp³-hybridized carbons (Fsp3) is 0.600. The molecule has 20 heavy (non-hydrogen) atoms. The van der Waals surface area contributed by atoms with E-state index in [0.717, 1.165) is 43.9 Å². The van der Waals surface area contributed by atoms with Gasteiger partial charge in [0.1, 0.15) is 0 Å². The summed E-state index contributed by atoms with van der Waals surface area (Å²) in [4.78, 5) is 0. The largest absolute Gasteiger partial charge is 0.454 e. The van der Waals surface area contributed by atoms with Crippen molar-refractivity contribution in [2.45, 2.75) is 24.9 Å². The number of benzene rings is 1. The van der Waals surface area contributed by atoms with E-state index in [-0.39, 0.29) is 0 Å². The Morgan fingerprint density at radius 1 is 1.30 bits per heavy atom. The van der Waals surface area contributed by atoms with Gasteiger partial charge in [0.05, 0.1) is 5.60 Å². The fourth-order valence-corrected chi connectivity index (χ4v) is 2.75. The molecule has 2 aliphatic heterocycles. The molecule has 5 heteroatoms. The van der Waals surface area contributed by atoms with Crippen LogP contribution in [0.5, 0.6) is 11.5 Å². The Balaban J connectivity index is 1.43. The van der Waals surface area contributed by atoms with Crippen molar-refractivity contribution in [3.8, 4) is 11.5 Å². The number of piperidine rings is 1. The molecule has 3 N–H and O–H groups in total. The molecule has 2 aliphatic rings. The van der Waals surface area contributed by atoms with Gasteiger partial charge in [-0.25, -0.2) is 0 Å². The molecule has 110 valence electrons. The lowest BCUT2D eigenvalue weighted by Crippen LogP contribution is -2.52. The number of β-amino-alcohol motifs (C(OH)–C–C–N with tert-alkyl or cyclic N) is 1. The van der Waals surface area contributed by atoms with Gasteiger partial charge in [0.2, 0.25) is 6.79 Å². The van der Waals surface area contributed by atoms with E-state index in [2.05, 4.69) is 16.7 Å². The van der Waals surface area contributed by atoms with Crippen molar-refractivity contribution in [2.75, 3.05) is 33.0 Å². The smallest absolute Gasteiger partial charge is 0.231 e. The Kier molecular flexibility index (Phi) is 4.10. The molecule has 0 aliphatic carbocycles. The fourth-order valence-electron chi connectivity index (χ4n) is 2.75. The van der Waals surface area contributed by atoms with Crippen LogP contribution in [-0.2, 0) is 6.42 Å². The number of hydrogen-bond acceptors (Lipinski definition) is 5. The summed E-state index contributed by atoms with van der Waals surface area (Å²) in [6, 6.07) is 6.04. The number of aliphatic hydroxyl groups is 1. The lowest BCUT2D eigenvalue weighted by Gasteiger charge is -2.32. The average molecular weight is 278 g/mol. The van der Waals surface area contributed by atoms with E-state index >= 15 is 0 Å². The van der Waals surface area contributed by atoms with Gasteiger partial charge in [-0.15, -0.1) is 0 Å². The molecule has 0 unspecified atom stereocenters. The Bertz CT molecular complexity index is 458. The van der Waals surface area contributed by atoms with E-state index in [1.807, 2.05) is 12.1 Å². The molecule has 1 atom stereocenters. The van der Waals surface area contributed by atoms with Crippen molar-refractivity contribution < 1.29 is 14.6 Å². The lowest BCUT2D eigenvalue weighted by molar-refractivity contribution is 0.0174. The van der Waals surface area contributed by atoms with Gasteiger partial charge in [-0.3, -0.25) is 0 Å². The van der Waals surface area contributed by atoms with Crippen molar-refractivity contribution in [2.24, 2.45) is 0 Å². The Hall–Kier alpha value is -1.30. The average Bonchev–Trinajstić information content (AvgIpc) is 2.92. The quantitative estimate of drug-likeness (QED) is 0.691. The van der Waals surface area contributed by atoms with Crippen molar-refractivity contribution in [1.82, 2.24) is 10.6 Å². The number of nitrogens with one attached hydrogen (secondary N) is 2. The van der Waals surface area contributed by atoms with Gasteiger partial charge in [0.25, 0.3) is 0 Å².